The summed E-state index contributed by atoms with van der Waals surface area (Å²) in [5, 5.41) is 7.55. The van der Waals surface area contributed by atoms with E-state index in [1.54, 1.807) is 18.2 Å². The summed E-state index contributed by atoms with van der Waals surface area (Å²) in [6.45, 7) is 0.139. The van der Waals surface area contributed by atoms with E-state index in [1.165, 1.54) is 29.5 Å². The van der Waals surface area contributed by atoms with Crippen LogP contribution in [0.2, 0.25) is 0 Å². The lowest BCUT2D eigenvalue weighted by Crippen LogP contribution is -2.40. The molecule has 0 radical (unpaired) electrons. The molecule has 132 valence electrons. The quantitative estimate of drug-likeness (QED) is 0.589. The van der Waals surface area contributed by atoms with Crippen LogP contribution in [0.25, 0.3) is 0 Å². The van der Waals surface area contributed by atoms with Crippen LogP contribution in [0.5, 0.6) is 0 Å². The minimum Gasteiger partial charge on any atom is -0.353 e. The molecule has 0 aliphatic carbocycles. The second-order valence-electron chi connectivity index (χ2n) is 4.87. The standard InChI is InChI=1S/C16H15BrFN3O3S/c17-13-6-5-12(25-13)16(24)21-9-14(22)19-7-8-20-15(23)10-3-1-2-4-11(10)18/h1-6H,7-9H2,(H,19,22)(H,20,23)(H,21,24). The third kappa shape index (κ3) is 5.95. The van der Waals surface area contributed by atoms with Crippen molar-refractivity contribution in [1.82, 2.24) is 16.0 Å². The zero-order valence-corrected chi connectivity index (χ0v) is 15.4. The zero-order valence-electron chi connectivity index (χ0n) is 13.0. The van der Waals surface area contributed by atoms with E-state index in [0.29, 0.717) is 4.88 Å². The number of rotatable bonds is 7. The molecule has 0 aliphatic rings. The Morgan fingerprint density at radius 2 is 1.68 bits per heavy atom. The van der Waals surface area contributed by atoms with Gasteiger partial charge in [0.15, 0.2) is 0 Å². The Kier molecular flexibility index (Phi) is 7.08. The smallest absolute Gasteiger partial charge is 0.261 e. The van der Waals surface area contributed by atoms with Crippen molar-refractivity contribution in [2.45, 2.75) is 0 Å². The van der Waals surface area contributed by atoms with Crippen LogP contribution in [0.15, 0.2) is 40.2 Å². The zero-order chi connectivity index (χ0) is 18.2. The molecule has 25 heavy (non-hydrogen) atoms. The van der Waals surface area contributed by atoms with Crippen LogP contribution < -0.4 is 16.0 Å². The number of halogens is 2. The van der Waals surface area contributed by atoms with Gasteiger partial charge in [-0.2, -0.15) is 0 Å². The number of carbonyl (C=O) groups excluding carboxylic acids is 3. The second kappa shape index (κ2) is 9.28. The third-order valence-electron chi connectivity index (χ3n) is 3.06. The Hall–Kier alpha value is -2.26. The molecule has 9 heteroatoms. The van der Waals surface area contributed by atoms with E-state index < -0.39 is 11.7 Å². The number of thiophene rings is 1. The van der Waals surface area contributed by atoms with E-state index in [4.69, 9.17) is 0 Å². The highest BCUT2D eigenvalue weighted by atomic mass is 79.9. The molecule has 0 unspecified atom stereocenters. The van der Waals surface area contributed by atoms with Crippen molar-refractivity contribution in [3.05, 3.63) is 56.4 Å². The molecular formula is C16H15BrFN3O3S. The summed E-state index contributed by atoms with van der Waals surface area (Å²) in [5.41, 5.74) is -0.0526. The van der Waals surface area contributed by atoms with Crippen molar-refractivity contribution in [1.29, 1.82) is 0 Å². The summed E-state index contributed by atoms with van der Waals surface area (Å²) >= 11 is 4.52. The van der Waals surface area contributed by atoms with Gasteiger partial charge in [-0.3, -0.25) is 14.4 Å². The number of nitrogens with one attached hydrogen (secondary N) is 3. The molecule has 3 amide bonds. The number of hydrogen-bond donors (Lipinski definition) is 3. The van der Waals surface area contributed by atoms with Crippen LogP contribution in [-0.2, 0) is 4.79 Å². The van der Waals surface area contributed by atoms with E-state index >= 15 is 0 Å². The largest absolute Gasteiger partial charge is 0.353 e. The normalized spacial score (nSPS) is 10.2. The molecule has 1 aromatic carbocycles. The SMILES string of the molecule is O=C(CNC(=O)c1ccc(Br)s1)NCCNC(=O)c1ccccc1F. The fourth-order valence-corrected chi connectivity index (χ4v) is 3.17. The summed E-state index contributed by atoms with van der Waals surface area (Å²) in [5.74, 6) is -1.88. The summed E-state index contributed by atoms with van der Waals surface area (Å²) in [4.78, 5) is 35.7. The molecule has 0 saturated heterocycles. The number of benzene rings is 1. The minimum atomic E-state index is -0.605. The molecule has 0 aliphatic heterocycles. The average molecular weight is 428 g/mol. The van der Waals surface area contributed by atoms with Gasteiger partial charge in [0.05, 0.1) is 20.8 Å². The van der Waals surface area contributed by atoms with Gasteiger partial charge in [-0.1, -0.05) is 12.1 Å². The van der Waals surface area contributed by atoms with Crippen LogP contribution in [0.4, 0.5) is 4.39 Å². The summed E-state index contributed by atoms with van der Waals surface area (Å²) in [6.07, 6.45) is 0. The summed E-state index contributed by atoms with van der Waals surface area (Å²) in [7, 11) is 0. The molecular weight excluding hydrogens is 413 g/mol. The first-order valence-electron chi connectivity index (χ1n) is 7.30. The van der Waals surface area contributed by atoms with Gasteiger partial charge in [-0.05, 0) is 40.2 Å². The minimum absolute atomic E-state index is 0.0526. The fraction of sp³-hybridized carbons (Fsp3) is 0.188. The lowest BCUT2D eigenvalue weighted by atomic mass is 10.2. The van der Waals surface area contributed by atoms with Crippen molar-refractivity contribution in [2.75, 3.05) is 19.6 Å². The molecule has 0 saturated carbocycles. The van der Waals surface area contributed by atoms with Gasteiger partial charge >= 0.3 is 0 Å². The Labute approximate surface area is 155 Å². The maximum Gasteiger partial charge on any atom is 0.261 e. The fourth-order valence-electron chi connectivity index (χ4n) is 1.87. The van der Waals surface area contributed by atoms with Gasteiger partial charge in [0.1, 0.15) is 5.82 Å². The molecule has 2 rings (SSSR count). The molecule has 0 fully saturated rings. The lowest BCUT2D eigenvalue weighted by molar-refractivity contribution is -0.120. The van der Waals surface area contributed by atoms with Crippen molar-refractivity contribution in [2.24, 2.45) is 0 Å². The topological polar surface area (TPSA) is 87.3 Å². The third-order valence-corrected chi connectivity index (χ3v) is 4.68. The van der Waals surface area contributed by atoms with Gasteiger partial charge in [-0.25, -0.2) is 4.39 Å². The number of amides is 3. The highest BCUT2D eigenvalue weighted by molar-refractivity contribution is 9.11. The maximum absolute atomic E-state index is 13.4. The van der Waals surface area contributed by atoms with Gasteiger partial charge in [0.25, 0.3) is 11.8 Å². The molecule has 3 N–H and O–H groups in total. The maximum atomic E-state index is 13.4. The first-order valence-corrected chi connectivity index (χ1v) is 8.91. The summed E-state index contributed by atoms with van der Waals surface area (Å²) in [6, 6.07) is 9.04. The molecule has 1 aromatic heterocycles. The molecule has 6 nitrogen and oxygen atoms in total. The first kappa shape index (κ1) is 19.1. The Bertz CT molecular complexity index is 781. The van der Waals surface area contributed by atoms with Crippen molar-refractivity contribution in [3.8, 4) is 0 Å². The van der Waals surface area contributed by atoms with E-state index in [9.17, 15) is 18.8 Å². The van der Waals surface area contributed by atoms with Gasteiger partial charge in [0.2, 0.25) is 5.91 Å². The van der Waals surface area contributed by atoms with Crippen LogP contribution >= 0.6 is 27.3 Å². The Morgan fingerprint density at radius 1 is 0.960 bits per heavy atom. The van der Waals surface area contributed by atoms with Gasteiger partial charge in [0, 0.05) is 13.1 Å². The van der Waals surface area contributed by atoms with E-state index in [2.05, 4.69) is 31.9 Å². The molecule has 0 bridgehead atoms. The Balaban J connectivity index is 1.64. The van der Waals surface area contributed by atoms with Crippen LogP contribution in [0, 0.1) is 5.82 Å². The number of hydrogen-bond acceptors (Lipinski definition) is 4. The van der Waals surface area contributed by atoms with Crippen molar-refractivity contribution in [3.63, 3.8) is 0 Å². The lowest BCUT2D eigenvalue weighted by Gasteiger charge is -2.08. The summed E-state index contributed by atoms with van der Waals surface area (Å²) < 4.78 is 14.2. The van der Waals surface area contributed by atoms with Crippen LogP contribution in [0.3, 0.4) is 0 Å². The molecule has 0 spiro atoms. The van der Waals surface area contributed by atoms with E-state index in [0.717, 1.165) is 3.79 Å². The first-order chi connectivity index (χ1) is 12.0. The number of carbonyl (C=O) groups is 3. The average Bonchev–Trinajstić information content (AvgIpc) is 3.03. The van der Waals surface area contributed by atoms with Crippen molar-refractivity contribution < 1.29 is 18.8 Å². The van der Waals surface area contributed by atoms with Crippen molar-refractivity contribution >= 4 is 45.0 Å². The Morgan fingerprint density at radius 3 is 2.36 bits per heavy atom. The van der Waals surface area contributed by atoms with Crippen LogP contribution in [0.1, 0.15) is 20.0 Å². The second-order valence-corrected chi connectivity index (χ2v) is 7.34. The van der Waals surface area contributed by atoms with E-state index in [1.807, 2.05) is 0 Å². The van der Waals surface area contributed by atoms with Gasteiger partial charge in [-0.15, -0.1) is 11.3 Å². The highest BCUT2D eigenvalue weighted by Crippen LogP contribution is 2.21. The van der Waals surface area contributed by atoms with E-state index in [-0.39, 0.29) is 37.0 Å². The predicted octanol–water partition coefficient (Wildman–Crippen LogP) is 1.93. The highest BCUT2D eigenvalue weighted by Gasteiger charge is 2.11. The predicted molar refractivity (Wildman–Crippen MR) is 96.1 cm³/mol. The van der Waals surface area contributed by atoms with Crippen LogP contribution in [-0.4, -0.2) is 37.4 Å². The molecule has 0 atom stereocenters. The van der Waals surface area contributed by atoms with Gasteiger partial charge < -0.3 is 16.0 Å². The molecule has 2 aromatic rings. The monoisotopic (exact) mass is 427 g/mol. The molecule has 1 heterocycles.